The van der Waals surface area contributed by atoms with Crippen molar-refractivity contribution in [2.45, 2.75) is 0 Å². The van der Waals surface area contributed by atoms with E-state index in [4.69, 9.17) is 18.1 Å². The van der Waals surface area contributed by atoms with Gasteiger partial charge in [-0.25, -0.2) is 5.84 Å². The summed E-state index contributed by atoms with van der Waals surface area (Å²) in [5.74, 6) is 6.37. The highest BCUT2D eigenvalue weighted by Gasteiger charge is 2.27. The lowest BCUT2D eigenvalue weighted by molar-refractivity contribution is -0.112. The molecule has 0 unspecified atom stereocenters. The molecule has 0 bridgehead atoms. The average Bonchev–Trinajstić information content (AvgIpc) is 2.46. The van der Waals surface area contributed by atoms with Crippen molar-refractivity contribution in [2.75, 3.05) is 16.5 Å². The van der Waals surface area contributed by atoms with Gasteiger partial charge < -0.3 is 0 Å². The van der Waals surface area contributed by atoms with Gasteiger partial charge >= 0.3 is 0 Å². The van der Waals surface area contributed by atoms with Crippen LogP contribution in [0, 0.1) is 4.91 Å². The number of nitroso groups, excluding NO2 is 1. The Morgan fingerprint density at radius 2 is 2.00 bits per heavy atom. The summed E-state index contributed by atoms with van der Waals surface area (Å²) in [4.78, 5) is 22.8. The van der Waals surface area contributed by atoms with Gasteiger partial charge in [0.2, 0.25) is 0 Å². The van der Waals surface area contributed by atoms with Crippen LogP contribution in [-0.4, -0.2) is 22.3 Å². The molecule has 1 heterocycles. The predicted molar refractivity (Wildman–Crippen MR) is 80.9 cm³/mol. The zero-order valence-corrected chi connectivity index (χ0v) is 11.5. The molecule has 0 spiro atoms. The summed E-state index contributed by atoms with van der Waals surface area (Å²) >= 11 is 6.56. The molecule has 2 rings (SSSR count). The van der Waals surface area contributed by atoms with Crippen LogP contribution in [0.4, 0.5) is 5.69 Å². The Kier molecular flexibility index (Phi) is 4.41. The number of nitrogens with zero attached hydrogens (tertiary/aromatic N) is 2. The molecule has 0 aliphatic carbocycles. The van der Waals surface area contributed by atoms with Crippen LogP contribution in [0.3, 0.4) is 0 Å². The van der Waals surface area contributed by atoms with E-state index in [1.807, 2.05) is 18.2 Å². The molecule has 0 radical (unpaired) electrons. The Labute approximate surface area is 119 Å². The molecule has 1 aromatic carbocycles. The first-order valence-corrected chi connectivity index (χ1v) is 7.03. The fourth-order valence-electron chi connectivity index (χ4n) is 1.69. The molecule has 98 valence electrons. The highest BCUT2D eigenvalue weighted by atomic mass is 32.2. The van der Waals surface area contributed by atoms with Crippen molar-refractivity contribution in [2.24, 2.45) is 11.0 Å². The number of hydrazine groups is 1. The minimum atomic E-state index is -0.206. The van der Waals surface area contributed by atoms with Crippen LogP contribution < -0.4 is 10.9 Å². The first-order valence-electron chi connectivity index (χ1n) is 5.46. The molecular formula is C12H11N3O2S2. The molecule has 1 aliphatic rings. The summed E-state index contributed by atoms with van der Waals surface area (Å²) in [5, 5.41) is 4.12. The van der Waals surface area contributed by atoms with Crippen molar-refractivity contribution >= 4 is 40.4 Å². The third-order valence-corrected chi connectivity index (χ3v) is 3.96. The standard InChI is InChI=1S/C12H11N3O2S2/c13-15(8-4-2-1-3-5-8)12(18)11-9(14-17)6-19-7-10(11)16/h1-5H,6-7,13H2. The van der Waals surface area contributed by atoms with Crippen molar-refractivity contribution < 1.29 is 4.79 Å². The second kappa shape index (κ2) is 6.05. The Balaban J connectivity index is 2.35. The number of thiocarbonyl (C=S) groups is 1. The maximum Gasteiger partial charge on any atom is 0.177 e. The fraction of sp³-hybridized carbons (Fsp3) is 0.167. The monoisotopic (exact) mass is 293 g/mol. The lowest BCUT2D eigenvalue weighted by Gasteiger charge is -2.23. The van der Waals surface area contributed by atoms with Crippen molar-refractivity contribution in [3.63, 3.8) is 0 Å². The van der Waals surface area contributed by atoms with Gasteiger partial charge in [0.05, 0.1) is 17.0 Å². The number of benzene rings is 1. The van der Waals surface area contributed by atoms with E-state index in [0.29, 0.717) is 11.4 Å². The molecule has 0 atom stereocenters. The van der Waals surface area contributed by atoms with E-state index in [1.165, 1.54) is 16.8 Å². The van der Waals surface area contributed by atoms with Gasteiger partial charge in [-0.2, -0.15) is 0 Å². The van der Waals surface area contributed by atoms with Crippen LogP contribution in [0.5, 0.6) is 0 Å². The summed E-state index contributed by atoms with van der Waals surface area (Å²) in [5.41, 5.74) is 0.976. The average molecular weight is 293 g/mol. The molecular weight excluding hydrogens is 282 g/mol. The SMILES string of the molecule is NN(C(=S)C1=C(N=O)CSCC1=O)c1ccccc1. The van der Waals surface area contributed by atoms with Crippen molar-refractivity contribution in [3.8, 4) is 0 Å². The summed E-state index contributed by atoms with van der Waals surface area (Å²) in [6, 6.07) is 9.00. The number of para-hydroxylation sites is 1. The van der Waals surface area contributed by atoms with Crippen LogP contribution in [0.25, 0.3) is 0 Å². The molecule has 7 heteroatoms. The lowest BCUT2D eigenvalue weighted by atomic mass is 10.1. The van der Waals surface area contributed by atoms with Gasteiger partial charge in [-0.3, -0.25) is 9.80 Å². The van der Waals surface area contributed by atoms with Crippen molar-refractivity contribution in [3.05, 3.63) is 46.5 Å². The molecule has 5 nitrogen and oxygen atoms in total. The van der Waals surface area contributed by atoms with Gasteiger partial charge in [-0.05, 0) is 17.3 Å². The lowest BCUT2D eigenvalue weighted by Crippen LogP contribution is -2.40. The van der Waals surface area contributed by atoms with Crippen molar-refractivity contribution in [1.82, 2.24) is 0 Å². The Hall–Kier alpha value is -1.57. The minimum absolute atomic E-state index is 0.131. The summed E-state index contributed by atoms with van der Waals surface area (Å²) in [6.07, 6.45) is 0. The van der Waals surface area contributed by atoms with Crippen LogP contribution >= 0.6 is 24.0 Å². The van der Waals surface area contributed by atoms with Crippen molar-refractivity contribution in [1.29, 1.82) is 0 Å². The maximum atomic E-state index is 11.9. The summed E-state index contributed by atoms with van der Waals surface area (Å²) < 4.78 is 0. The number of nitrogens with two attached hydrogens (primary N) is 1. The minimum Gasteiger partial charge on any atom is -0.293 e. The van der Waals surface area contributed by atoms with Crippen LogP contribution in [0.2, 0.25) is 0 Å². The van der Waals surface area contributed by atoms with Crippen LogP contribution in [0.15, 0.2) is 46.8 Å². The largest absolute Gasteiger partial charge is 0.293 e. The second-order valence-corrected chi connectivity index (χ2v) is 5.21. The number of carbonyl (C=O) groups excluding carboxylic acids is 1. The van der Waals surface area contributed by atoms with Gasteiger partial charge in [0, 0.05) is 5.75 Å². The first kappa shape index (κ1) is 13.9. The van der Waals surface area contributed by atoms with Crippen LogP contribution in [0.1, 0.15) is 0 Å². The highest BCUT2D eigenvalue weighted by Crippen LogP contribution is 2.25. The molecule has 1 aromatic rings. The van der Waals surface area contributed by atoms with Crippen LogP contribution in [-0.2, 0) is 4.79 Å². The van der Waals surface area contributed by atoms with Gasteiger partial charge in [0.25, 0.3) is 0 Å². The van der Waals surface area contributed by atoms with Gasteiger partial charge in [0.1, 0.15) is 10.7 Å². The second-order valence-electron chi connectivity index (χ2n) is 3.84. The van der Waals surface area contributed by atoms with Gasteiger partial charge in [-0.1, -0.05) is 30.4 Å². The van der Waals surface area contributed by atoms with E-state index >= 15 is 0 Å². The van der Waals surface area contributed by atoms with E-state index in [2.05, 4.69) is 5.18 Å². The van der Waals surface area contributed by atoms with E-state index in [1.54, 1.807) is 12.1 Å². The number of ketones is 1. The number of anilines is 1. The molecule has 2 N–H and O–H groups in total. The molecule has 19 heavy (non-hydrogen) atoms. The normalized spacial score (nSPS) is 15.3. The zero-order chi connectivity index (χ0) is 13.8. The number of carbonyl (C=O) groups is 1. The highest BCUT2D eigenvalue weighted by molar-refractivity contribution is 8.00. The van der Waals surface area contributed by atoms with E-state index < -0.39 is 0 Å². The molecule has 0 amide bonds. The number of thioether (sulfide) groups is 1. The maximum absolute atomic E-state index is 11.9. The number of rotatable bonds is 3. The third-order valence-electron chi connectivity index (χ3n) is 2.62. The Bertz CT molecular complexity index is 557. The fourth-order valence-corrected chi connectivity index (χ4v) is 2.85. The van der Waals surface area contributed by atoms with E-state index in [0.717, 1.165) is 0 Å². The molecule has 0 aromatic heterocycles. The number of hydrogen-bond donors (Lipinski definition) is 1. The van der Waals surface area contributed by atoms with Gasteiger partial charge in [0.15, 0.2) is 5.78 Å². The van der Waals surface area contributed by atoms with Gasteiger partial charge in [-0.15, -0.1) is 16.7 Å². The Morgan fingerprint density at radius 1 is 1.32 bits per heavy atom. The molecule has 1 aliphatic heterocycles. The van der Waals surface area contributed by atoms with E-state index in [-0.39, 0.29) is 27.8 Å². The third kappa shape index (κ3) is 2.89. The molecule has 0 saturated carbocycles. The smallest absolute Gasteiger partial charge is 0.177 e. The zero-order valence-electron chi connectivity index (χ0n) is 9.91. The number of hydrogen-bond acceptors (Lipinski definition) is 6. The Morgan fingerprint density at radius 3 is 2.63 bits per heavy atom. The van der Waals surface area contributed by atoms with E-state index in [9.17, 15) is 9.70 Å². The quantitative estimate of drug-likeness (QED) is 0.398. The number of Topliss-reactive ketones (excluding diaryl/α,β-unsaturated/α-hetero) is 1. The molecule has 0 fully saturated rings. The first-order chi connectivity index (χ1) is 9.15. The summed E-state index contributed by atoms with van der Waals surface area (Å²) in [6.45, 7) is 0. The summed E-state index contributed by atoms with van der Waals surface area (Å²) in [7, 11) is 0. The molecule has 0 saturated heterocycles. The topological polar surface area (TPSA) is 75.8 Å². The predicted octanol–water partition coefficient (Wildman–Crippen LogP) is 2.03.